The Balaban J connectivity index is 1.92. The predicted molar refractivity (Wildman–Crippen MR) is 99.6 cm³/mol. The Morgan fingerprint density at radius 1 is 1.07 bits per heavy atom. The molecule has 2 aromatic rings. The summed E-state index contributed by atoms with van der Waals surface area (Å²) in [7, 11) is -4.71. The van der Waals surface area contributed by atoms with Gasteiger partial charge in [-0.25, -0.2) is 14.2 Å². The van der Waals surface area contributed by atoms with Crippen LogP contribution in [0.4, 0.5) is 11.6 Å². The number of hydrogen-bond donors (Lipinski definition) is 5. The third-order valence-electron chi connectivity index (χ3n) is 3.52. The molecule has 0 fully saturated rings. The van der Waals surface area contributed by atoms with Crippen molar-refractivity contribution in [3.63, 3.8) is 0 Å². The summed E-state index contributed by atoms with van der Waals surface area (Å²) in [6.07, 6.45) is -0.0563. The molecule has 14 nitrogen and oxygen atoms in total. The minimum absolute atomic E-state index is 0.00623. The Bertz CT molecular complexity index is 995. The van der Waals surface area contributed by atoms with Gasteiger partial charge in [-0.2, -0.15) is 9.97 Å². The Morgan fingerprint density at radius 2 is 1.59 bits per heavy atom. The average Bonchev–Trinajstić information content (AvgIpc) is 2.64. The molecule has 0 aliphatic rings. The van der Waals surface area contributed by atoms with Crippen molar-refractivity contribution in [3.05, 3.63) is 45.5 Å². The van der Waals surface area contributed by atoms with Crippen LogP contribution in [0.25, 0.3) is 0 Å². The minimum atomic E-state index is -4.71. The zero-order chi connectivity index (χ0) is 21.6. The van der Waals surface area contributed by atoms with Gasteiger partial charge in [-0.05, 0) is 12.1 Å². The van der Waals surface area contributed by atoms with Crippen LogP contribution in [0.2, 0.25) is 0 Å². The van der Waals surface area contributed by atoms with E-state index < -0.39 is 44.6 Å². The summed E-state index contributed by atoms with van der Waals surface area (Å²) in [4.78, 5) is 40.0. The van der Waals surface area contributed by atoms with E-state index in [-0.39, 0.29) is 24.7 Å². The van der Waals surface area contributed by atoms with Crippen LogP contribution in [0.5, 0.6) is 0 Å². The molecular weight excluding hydrogens is 411 g/mol. The van der Waals surface area contributed by atoms with Crippen molar-refractivity contribution >= 4 is 19.5 Å². The second kappa shape index (κ2) is 9.73. The third kappa shape index (κ3) is 7.05. The Morgan fingerprint density at radius 3 is 2.07 bits per heavy atom. The van der Waals surface area contributed by atoms with E-state index in [2.05, 4.69) is 9.97 Å². The number of phosphoric acid groups is 1. The van der Waals surface area contributed by atoms with Crippen molar-refractivity contribution in [1.29, 1.82) is 0 Å². The molecule has 3 atom stereocenters. The first-order valence-electron chi connectivity index (χ1n) is 8.20. The molecule has 7 N–H and O–H groups in total. The number of nitrogens with zero attached hydrogens (tertiary/aromatic N) is 4. The summed E-state index contributed by atoms with van der Waals surface area (Å²) in [5.74, 6) is 0.00369. The second-order valence-corrected chi connectivity index (χ2v) is 7.31. The monoisotopic (exact) mass is 432 g/mol. The number of aromatic nitrogens is 4. The predicted octanol–water partition coefficient (Wildman–Crippen LogP) is -2.48. The molecule has 0 spiro atoms. The highest BCUT2D eigenvalue weighted by Crippen LogP contribution is 2.44. The van der Waals surface area contributed by atoms with Crippen LogP contribution in [0.15, 0.2) is 34.1 Å². The molecule has 0 amide bonds. The number of phosphoric ester groups is 1. The van der Waals surface area contributed by atoms with E-state index >= 15 is 0 Å². The Hall–Kier alpha value is -2.61. The van der Waals surface area contributed by atoms with Gasteiger partial charge < -0.3 is 26.6 Å². The fraction of sp³-hybridized carbons (Fsp3) is 0.429. The van der Waals surface area contributed by atoms with Crippen LogP contribution in [-0.2, 0) is 26.7 Å². The zero-order valence-electron chi connectivity index (χ0n) is 15.1. The van der Waals surface area contributed by atoms with Gasteiger partial charge >= 0.3 is 19.2 Å². The molecule has 0 saturated carbocycles. The maximum Gasteiger partial charge on any atom is 0.472 e. The minimum Gasteiger partial charge on any atom is -0.394 e. The summed E-state index contributed by atoms with van der Waals surface area (Å²) in [6, 6.07) is 2.67. The zero-order valence-corrected chi connectivity index (χ0v) is 16.0. The van der Waals surface area contributed by atoms with Crippen LogP contribution in [0, 0.1) is 0 Å². The molecule has 0 radical (unpaired) electrons. The molecule has 15 heteroatoms. The maximum atomic E-state index is 12.0. The van der Waals surface area contributed by atoms with Crippen LogP contribution >= 0.6 is 7.82 Å². The fourth-order valence-corrected chi connectivity index (χ4v) is 3.12. The average molecular weight is 432 g/mol. The number of nitrogen functional groups attached to an aromatic ring is 2. The summed E-state index contributed by atoms with van der Waals surface area (Å²) in [6.45, 7) is -1.94. The van der Waals surface area contributed by atoms with Crippen LogP contribution in [0.3, 0.4) is 0 Å². The Labute approximate surface area is 163 Å². The van der Waals surface area contributed by atoms with Gasteiger partial charge in [0.05, 0.1) is 32.4 Å². The third-order valence-corrected chi connectivity index (χ3v) is 4.56. The van der Waals surface area contributed by atoms with E-state index in [1.54, 1.807) is 0 Å². The lowest BCUT2D eigenvalue weighted by molar-refractivity contribution is 0.0295. The van der Waals surface area contributed by atoms with Gasteiger partial charge in [0.2, 0.25) is 0 Å². The van der Waals surface area contributed by atoms with Gasteiger partial charge in [-0.1, -0.05) is 0 Å². The topological polar surface area (TPSA) is 218 Å². The number of aliphatic hydroxyl groups excluding tert-OH is 2. The maximum absolute atomic E-state index is 12.0. The van der Waals surface area contributed by atoms with Crippen molar-refractivity contribution < 1.29 is 28.7 Å². The molecular formula is C14H21N6O8P. The van der Waals surface area contributed by atoms with E-state index in [0.717, 1.165) is 9.13 Å². The molecule has 0 saturated heterocycles. The van der Waals surface area contributed by atoms with E-state index in [4.69, 9.17) is 20.5 Å². The number of rotatable bonds is 10. The molecule has 0 aliphatic heterocycles. The normalized spacial score (nSPS) is 15.6. The molecule has 2 aromatic heterocycles. The quantitative estimate of drug-likeness (QED) is 0.246. The molecule has 0 aliphatic carbocycles. The van der Waals surface area contributed by atoms with E-state index in [1.165, 1.54) is 24.5 Å². The number of nitrogens with two attached hydrogens (primary N) is 2. The van der Waals surface area contributed by atoms with Crippen molar-refractivity contribution in [2.45, 2.75) is 25.3 Å². The SMILES string of the molecule is Nc1ccn(C[C@H](O)COP(=O)(O)O[C@H](CO)Cn2ccc(N)nc2=O)c(=O)n1. The van der Waals surface area contributed by atoms with E-state index in [1.807, 2.05) is 0 Å². The standard InChI is InChI=1S/C14H21N6O8P/c15-11-1-3-19(13(23)17-11)5-9(22)8-27-29(25,26)28-10(7-21)6-20-4-2-12(16)18-14(20)24/h1-4,9-10,21-22H,5-8H2,(H,25,26)(H2,15,17,23)(H2,16,18,24)/t9-,10-/m0/s1. The first-order valence-corrected chi connectivity index (χ1v) is 9.70. The van der Waals surface area contributed by atoms with Crippen molar-refractivity contribution in [1.82, 2.24) is 19.1 Å². The molecule has 0 aromatic carbocycles. The van der Waals surface area contributed by atoms with Crippen LogP contribution < -0.4 is 22.8 Å². The first kappa shape index (κ1) is 22.7. The largest absolute Gasteiger partial charge is 0.472 e. The van der Waals surface area contributed by atoms with E-state index in [0.29, 0.717) is 0 Å². The smallest absolute Gasteiger partial charge is 0.394 e. The number of anilines is 2. The van der Waals surface area contributed by atoms with Gasteiger partial charge in [-0.3, -0.25) is 18.2 Å². The van der Waals surface area contributed by atoms with E-state index in [9.17, 15) is 29.3 Å². The lowest BCUT2D eigenvalue weighted by Gasteiger charge is -2.21. The Kier molecular flexibility index (Phi) is 7.61. The lowest BCUT2D eigenvalue weighted by atomic mass is 10.4. The number of hydrogen-bond acceptors (Lipinski definition) is 11. The second-order valence-electron chi connectivity index (χ2n) is 5.90. The highest BCUT2D eigenvalue weighted by atomic mass is 31.2. The van der Waals surface area contributed by atoms with Gasteiger partial charge in [-0.15, -0.1) is 0 Å². The first-order chi connectivity index (χ1) is 13.6. The van der Waals surface area contributed by atoms with Crippen LogP contribution in [-0.4, -0.2) is 59.6 Å². The van der Waals surface area contributed by atoms with Gasteiger partial charge in [0.1, 0.15) is 17.7 Å². The van der Waals surface area contributed by atoms with Crippen molar-refractivity contribution in [2.75, 3.05) is 24.7 Å². The highest BCUT2D eigenvalue weighted by Gasteiger charge is 2.28. The highest BCUT2D eigenvalue weighted by molar-refractivity contribution is 7.47. The number of aliphatic hydroxyl groups is 2. The van der Waals surface area contributed by atoms with Gasteiger partial charge in [0.25, 0.3) is 0 Å². The molecule has 2 rings (SSSR count). The van der Waals surface area contributed by atoms with Crippen molar-refractivity contribution in [3.8, 4) is 0 Å². The summed E-state index contributed by atoms with van der Waals surface area (Å²) in [5, 5.41) is 19.2. The summed E-state index contributed by atoms with van der Waals surface area (Å²) in [5.41, 5.74) is 9.27. The van der Waals surface area contributed by atoms with Gasteiger partial charge in [0, 0.05) is 12.4 Å². The van der Waals surface area contributed by atoms with Crippen LogP contribution in [0.1, 0.15) is 0 Å². The molecule has 2 heterocycles. The molecule has 160 valence electrons. The summed E-state index contributed by atoms with van der Waals surface area (Å²) >= 11 is 0. The van der Waals surface area contributed by atoms with Crippen molar-refractivity contribution in [2.24, 2.45) is 0 Å². The molecule has 29 heavy (non-hydrogen) atoms. The molecule has 1 unspecified atom stereocenters. The lowest BCUT2D eigenvalue weighted by Crippen LogP contribution is -2.32. The molecule has 0 bridgehead atoms. The van der Waals surface area contributed by atoms with Gasteiger partial charge in [0.15, 0.2) is 0 Å². The summed E-state index contributed by atoms with van der Waals surface area (Å²) < 4.78 is 23.6. The fourth-order valence-electron chi connectivity index (χ4n) is 2.18.